The molecule has 9 heteroatoms. The number of anilines is 1. The zero-order valence-electron chi connectivity index (χ0n) is 16.1. The fourth-order valence-electron chi connectivity index (χ4n) is 2.68. The molecule has 9 nitrogen and oxygen atoms in total. The molecule has 0 spiro atoms. The number of hydrogen-bond acceptors (Lipinski definition) is 7. The monoisotopic (exact) mass is 397 g/mol. The third-order valence-electron chi connectivity index (χ3n) is 4.22. The van der Waals surface area contributed by atoms with Gasteiger partial charge in [0.2, 0.25) is 0 Å². The van der Waals surface area contributed by atoms with Crippen LogP contribution in [0, 0.1) is 24.0 Å². The second-order valence-electron chi connectivity index (χ2n) is 6.27. The van der Waals surface area contributed by atoms with Crippen LogP contribution in [0.3, 0.4) is 0 Å². The number of carbonyl (C=O) groups excluding carboxylic acids is 1. The Morgan fingerprint density at radius 1 is 1.24 bits per heavy atom. The Kier molecular flexibility index (Phi) is 5.77. The third kappa shape index (κ3) is 4.52. The molecule has 2 aromatic carbocycles. The number of rotatable bonds is 7. The minimum absolute atomic E-state index is 0.0653. The van der Waals surface area contributed by atoms with Gasteiger partial charge in [-0.15, -0.1) is 0 Å². The summed E-state index contributed by atoms with van der Waals surface area (Å²) in [5.41, 5.74) is 1.74. The lowest BCUT2D eigenvalue weighted by Crippen LogP contribution is -2.16. The van der Waals surface area contributed by atoms with Gasteiger partial charge in [0, 0.05) is 6.07 Å². The number of nitro groups is 1. The Labute approximate surface area is 166 Å². The molecule has 3 aromatic rings. The molecule has 150 valence electrons. The summed E-state index contributed by atoms with van der Waals surface area (Å²) < 4.78 is 16.1. The van der Waals surface area contributed by atoms with Gasteiger partial charge in [0.25, 0.3) is 11.6 Å². The van der Waals surface area contributed by atoms with Gasteiger partial charge in [-0.3, -0.25) is 14.9 Å². The molecule has 0 unspecified atom stereocenters. The van der Waals surface area contributed by atoms with Crippen molar-refractivity contribution in [1.82, 2.24) is 5.16 Å². The molecule has 0 aliphatic rings. The number of aromatic nitrogens is 1. The molecular weight excluding hydrogens is 378 g/mol. The van der Waals surface area contributed by atoms with Gasteiger partial charge in [-0.25, -0.2) is 0 Å². The summed E-state index contributed by atoms with van der Waals surface area (Å²) in [5.74, 6) is 0.731. The summed E-state index contributed by atoms with van der Waals surface area (Å²) >= 11 is 0. The van der Waals surface area contributed by atoms with Crippen molar-refractivity contribution in [2.45, 2.75) is 20.5 Å². The third-order valence-corrected chi connectivity index (χ3v) is 4.22. The van der Waals surface area contributed by atoms with E-state index in [-0.39, 0.29) is 29.4 Å². The molecule has 0 atom stereocenters. The summed E-state index contributed by atoms with van der Waals surface area (Å²) in [5, 5.41) is 17.4. The Morgan fingerprint density at radius 3 is 2.72 bits per heavy atom. The Bertz CT molecular complexity index is 1060. The highest BCUT2D eigenvalue weighted by molar-refractivity contribution is 6.04. The topological polar surface area (TPSA) is 117 Å². The van der Waals surface area contributed by atoms with Crippen LogP contribution < -0.4 is 14.8 Å². The van der Waals surface area contributed by atoms with Crippen LogP contribution in [0.5, 0.6) is 11.5 Å². The second-order valence-corrected chi connectivity index (χ2v) is 6.27. The predicted molar refractivity (Wildman–Crippen MR) is 104 cm³/mol. The van der Waals surface area contributed by atoms with E-state index in [0.717, 1.165) is 5.56 Å². The number of ether oxygens (including phenoxy) is 2. The zero-order valence-corrected chi connectivity index (χ0v) is 16.1. The van der Waals surface area contributed by atoms with Crippen molar-refractivity contribution < 1.29 is 23.7 Å². The maximum absolute atomic E-state index is 12.7. The first-order valence-electron chi connectivity index (χ1n) is 8.67. The van der Waals surface area contributed by atoms with E-state index in [1.165, 1.54) is 25.3 Å². The normalized spacial score (nSPS) is 10.4. The first-order valence-corrected chi connectivity index (χ1v) is 8.67. The van der Waals surface area contributed by atoms with Crippen LogP contribution in [0.15, 0.2) is 47.0 Å². The minimum atomic E-state index is -0.546. The van der Waals surface area contributed by atoms with E-state index in [1.54, 1.807) is 6.92 Å². The molecule has 0 radical (unpaired) electrons. The molecule has 3 rings (SSSR count). The molecular formula is C20H19N3O6. The lowest BCUT2D eigenvalue weighted by Gasteiger charge is -2.10. The van der Waals surface area contributed by atoms with Crippen molar-refractivity contribution >= 4 is 17.3 Å². The molecule has 0 saturated carbocycles. The first kappa shape index (κ1) is 19.9. The quantitative estimate of drug-likeness (QED) is 0.472. The number of methoxy groups -OCH3 is 1. The smallest absolute Gasteiger partial charge is 0.278 e. The highest BCUT2D eigenvalue weighted by atomic mass is 16.6. The van der Waals surface area contributed by atoms with E-state index in [0.29, 0.717) is 17.1 Å². The van der Waals surface area contributed by atoms with Gasteiger partial charge >= 0.3 is 0 Å². The van der Waals surface area contributed by atoms with Crippen LogP contribution in [0.1, 0.15) is 27.4 Å². The number of hydrogen-bond donors (Lipinski definition) is 1. The SMILES string of the molecule is COc1cc([N+](=O)[O-])ccc1NC(=O)c1noc(C)c1COc1cccc(C)c1. The number of non-ortho nitro benzene ring substituents is 1. The maximum atomic E-state index is 12.7. The zero-order chi connectivity index (χ0) is 21.0. The molecule has 0 aliphatic carbocycles. The van der Waals surface area contributed by atoms with E-state index < -0.39 is 10.8 Å². The minimum Gasteiger partial charge on any atom is -0.494 e. The molecule has 0 bridgehead atoms. The standard InChI is InChI=1S/C20H19N3O6/c1-12-5-4-6-15(9-12)28-11-16-13(2)29-22-19(16)20(24)21-17-8-7-14(23(25)26)10-18(17)27-3/h4-10H,11H2,1-3H3,(H,21,24). The lowest BCUT2D eigenvalue weighted by molar-refractivity contribution is -0.384. The van der Waals surface area contributed by atoms with Gasteiger partial charge in [0.15, 0.2) is 5.69 Å². The molecule has 0 aliphatic heterocycles. The first-order chi connectivity index (χ1) is 13.9. The van der Waals surface area contributed by atoms with Crippen LogP contribution in [0.4, 0.5) is 11.4 Å². The van der Waals surface area contributed by atoms with Gasteiger partial charge in [0.1, 0.15) is 23.9 Å². The number of nitrogens with zero attached hydrogens (tertiary/aromatic N) is 2. The Hall–Kier alpha value is -3.88. The summed E-state index contributed by atoms with van der Waals surface area (Å²) in [6.45, 7) is 3.73. The highest BCUT2D eigenvalue weighted by Crippen LogP contribution is 2.30. The van der Waals surface area contributed by atoms with E-state index in [2.05, 4.69) is 10.5 Å². The van der Waals surface area contributed by atoms with Crippen molar-refractivity contribution in [2.75, 3.05) is 12.4 Å². The van der Waals surface area contributed by atoms with Gasteiger partial charge in [0.05, 0.1) is 29.4 Å². The van der Waals surface area contributed by atoms with Crippen LogP contribution in [0.2, 0.25) is 0 Å². The number of nitro benzene ring substituents is 1. The Balaban J connectivity index is 1.79. The van der Waals surface area contributed by atoms with Crippen molar-refractivity contribution in [1.29, 1.82) is 0 Å². The van der Waals surface area contributed by atoms with E-state index in [1.807, 2.05) is 31.2 Å². The van der Waals surface area contributed by atoms with Crippen LogP contribution in [-0.4, -0.2) is 23.1 Å². The fraction of sp³-hybridized carbons (Fsp3) is 0.200. The summed E-state index contributed by atoms with van der Waals surface area (Å²) in [6, 6.07) is 11.4. The molecule has 0 fully saturated rings. The number of benzene rings is 2. The maximum Gasteiger partial charge on any atom is 0.278 e. The second kappa shape index (κ2) is 8.42. The van der Waals surface area contributed by atoms with Gasteiger partial charge in [-0.05, 0) is 37.6 Å². The van der Waals surface area contributed by atoms with Crippen molar-refractivity contribution in [3.8, 4) is 11.5 Å². The molecule has 29 heavy (non-hydrogen) atoms. The molecule has 1 aromatic heterocycles. The summed E-state index contributed by atoms with van der Waals surface area (Å²) in [4.78, 5) is 23.1. The average Bonchev–Trinajstić information content (AvgIpc) is 3.07. The summed E-state index contributed by atoms with van der Waals surface area (Å²) in [7, 11) is 1.36. The molecule has 0 saturated heterocycles. The summed E-state index contributed by atoms with van der Waals surface area (Å²) in [6.07, 6.45) is 0. The Morgan fingerprint density at radius 2 is 2.03 bits per heavy atom. The van der Waals surface area contributed by atoms with Gasteiger partial charge in [-0.1, -0.05) is 17.3 Å². The van der Waals surface area contributed by atoms with Gasteiger partial charge < -0.3 is 19.3 Å². The number of amides is 1. The number of nitrogens with one attached hydrogen (secondary N) is 1. The van der Waals surface area contributed by atoms with Gasteiger partial charge in [-0.2, -0.15) is 0 Å². The van der Waals surface area contributed by atoms with E-state index >= 15 is 0 Å². The highest BCUT2D eigenvalue weighted by Gasteiger charge is 2.22. The van der Waals surface area contributed by atoms with Crippen LogP contribution in [0.25, 0.3) is 0 Å². The lowest BCUT2D eigenvalue weighted by atomic mass is 10.2. The average molecular weight is 397 g/mol. The van der Waals surface area contributed by atoms with Crippen molar-refractivity contribution in [3.63, 3.8) is 0 Å². The fourth-order valence-corrected chi connectivity index (χ4v) is 2.68. The van der Waals surface area contributed by atoms with E-state index in [9.17, 15) is 14.9 Å². The molecule has 1 amide bonds. The van der Waals surface area contributed by atoms with Crippen molar-refractivity contribution in [2.24, 2.45) is 0 Å². The van der Waals surface area contributed by atoms with Crippen molar-refractivity contribution in [3.05, 3.63) is 75.2 Å². The number of carbonyl (C=O) groups is 1. The number of aryl methyl sites for hydroxylation is 2. The molecule has 1 N–H and O–H groups in total. The predicted octanol–water partition coefficient (Wildman–Crippen LogP) is 4.04. The van der Waals surface area contributed by atoms with Crippen LogP contribution >= 0.6 is 0 Å². The largest absolute Gasteiger partial charge is 0.494 e. The van der Waals surface area contributed by atoms with E-state index in [4.69, 9.17) is 14.0 Å². The van der Waals surface area contributed by atoms with Crippen LogP contribution in [-0.2, 0) is 6.61 Å². The molecule has 1 heterocycles.